The molecule has 0 N–H and O–H groups in total. The van der Waals surface area contributed by atoms with Crippen LogP contribution < -0.4 is 10.5 Å². The van der Waals surface area contributed by atoms with Crippen molar-refractivity contribution >= 4 is 22.6 Å². The number of amides is 1. The number of alkyl halides is 3. The fourth-order valence-corrected chi connectivity index (χ4v) is 5.70. The highest BCUT2D eigenvalue weighted by atomic mass is 19.4. The zero-order valence-electron chi connectivity index (χ0n) is 22.4. The monoisotopic (exact) mass is 545 g/mol. The van der Waals surface area contributed by atoms with Crippen molar-refractivity contribution in [2.24, 2.45) is 7.05 Å². The van der Waals surface area contributed by atoms with Gasteiger partial charge in [-0.3, -0.25) is 9.59 Å². The number of halogens is 3. The average Bonchev–Trinajstić information content (AvgIpc) is 3.40. The Morgan fingerprint density at radius 1 is 1.10 bits per heavy atom. The van der Waals surface area contributed by atoms with Gasteiger partial charge in [-0.15, -0.1) is 0 Å². The third kappa shape index (κ3) is 5.16. The fraction of sp³-hybridized carbons (Fsp3) is 0.536. The summed E-state index contributed by atoms with van der Waals surface area (Å²) in [6.45, 7) is 5.40. The molecule has 3 aromatic rings. The van der Waals surface area contributed by atoms with E-state index in [0.29, 0.717) is 49.3 Å². The van der Waals surface area contributed by atoms with E-state index >= 15 is 0 Å². The van der Waals surface area contributed by atoms with Crippen LogP contribution >= 0.6 is 0 Å². The van der Waals surface area contributed by atoms with Gasteiger partial charge in [-0.05, 0) is 50.3 Å². The summed E-state index contributed by atoms with van der Waals surface area (Å²) in [6, 6.07) is 5.80. The third-order valence-electron chi connectivity index (χ3n) is 8.00. The van der Waals surface area contributed by atoms with Crippen LogP contribution in [-0.2, 0) is 18.0 Å². The molecule has 210 valence electrons. The van der Waals surface area contributed by atoms with Gasteiger partial charge < -0.3 is 19.1 Å². The summed E-state index contributed by atoms with van der Waals surface area (Å²) >= 11 is 0. The van der Waals surface area contributed by atoms with Crippen molar-refractivity contribution in [1.29, 1.82) is 0 Å². The normalized spacial score (nSPS) is 22.5. The molecule has 2 aromatic heterocycles. The highest BCUT2D eigenvalue weighted by Crippen LogP contribution is 2.34. The molecule has 1 aromatic carbocycles. The molecule has 11 heteroatoms. The molecule has 2 saturated heterocycles. The van der Waals surface area contributed by atoms with E-state index < -0.39 is 17.6 Å². The highest BCUT2D eigenvalue weighted by Gasteiger charge is 2.38. The lowest BCUT2D eigenvalue weighted by atomic mass is 9.99. The number of pyridine rings is 1. The minimum atomic E-state index is -4.53. The molecule has 0 spiro atoms. The van der Waals surface area contributed by atoms with Crippen molar-refractivity contribution in [3.63, 3.8) is 0 Å². The molecule has 0 aliphatic carbocycles. The number of hydrogen-bond donors (Lipinski definition) is 0. The predicted molar refractivity (Wildman–Crippen MR) is 142 cm³/mol. The second-order valence-electron chi connectivity index (χ2n) is 10.4. The maximum atomic E-state index is 13.5. The first-order valence-electron chi connectivity index (χ1n) is 13.6. The number of nitrogens with zero attached hydrogens (tertiary/aromatic N) is 5. The van der Waals surface area contributed by atoms with Crippen molar-refractivity contribution in [3.05, 3.63) is 58.0 Å². The molecule has 4 heterocycles. The third-order valence-corrected chi connectivity index (χ3v) is 8.00. The van der Waals surface area contributed by atoms with Crippen LogP contribution in [0.3, 0.4) is 0 Å². The van der Waals surface area contributed by atoms with Crippen LogP contribution in [0, 0.1) is 0 Å². The predicted octanol–water partition coefficient (Wildman–Crippen LogP) is 4.97. The number of aromatic nitrogens is 3. The van der Waals surface area contributed by atoms with Gasteiger partial charge in [0.2, 0.25) is 0 Å². The van der Waals surface area contributed by atoms with E-state index in [1.165, 1.54) is 12.1 Å². The lowest BCUT2D eigenvalue weighted by Crippen LogP contribution is -2.60. The van der Waals surface area contributed by atoms with E-state index in [1.54, 1.807) is 27.3 Å². The van der Waals surface area contributed by atoms with Crippen molar-refractivity contribution in [3.8, 4) is 0 Å². The van der Waals surface area contributed by atoms with Gasteiger partial charge in [0, 0.05) is 50.5 Å². The summed E-state index contributed by atoms with van der Waals surface area (Å²) in [7, 11) is 1.72. The number of aryl methyl sites for hydroxylation is 1. The largest absolute Gasteiger partial charge is 0.416 e. The first-order valence-corrected chi connectivity index (χ1v) is 13.6. The van der Waals surface area contributed by atoms with Crippen LogP contribution in [0.5, 0.6) is 0 Å². The van der Waals surface area contributed by atoms with Gasteiger partial charge in [-0.2, -0.15) is 18.3 Å². The summed E-state index contributed by atoms with van der Waals surface area (Å²) in [5.74, 6) is -0.418. The van der Waals surface area contributed by atoms with E-state index in [4.69, 9.17) is 9.84 Å². The Labute approximate surface area is 224 Å². The number of rotatable bonds is 5. The van der Waals surface area contributed by atoms with Gasteiger partial charge in [0.05, 0.1) is 23.0 Å². The summed E-state index contributed by atoms with van der Waals surface area (Å²) in [4.78, 5) is 30.3. The van der Waals surface area contributed by atoms with E-state index in [1.807, 2.05) is 20.0 Å². The molecule has 1 amide bonds. The molecule has 0 radical (unpaired) electrons. The molecule has 2 aliphatic heterocycles. The smallest absolute Gasteiger partial charge is 0.363 e. The zero-order valence-corrected chi connectivity index (χ0v) is 22.4. The van der Waals surface area contributed by atoms with Crippen LogP contribution in [0.25, 0.3) is 11.0 Å². The number of hydrogen-bond acceptors (Lipinski definition) is 5. The van der Waals surface area contributed by atoms with E-state index in [9.17, 15) is 22.8 Å². The van der Waals surface area contributed by atoms with Gasteiger partial charge in [-0.25, -0.2) is 4.68 Å². The van der Waals surface area contributed by atoms with E-state index in [2.05, 4.69) is 4.90 Å². The van der Waals surface area contributed by atoms with Gasteiger partial charge >= 0.3 is 6.18 Å². The lowest BCUT2D eigenvalue weighted by molar-refractivity contribution is -0.137. The molecule has 0 saturated carbocycles. The van der Waals surface area contributed by atoms with Crippen molar-refractivity contribution in [2.45, 2.75) is 70.4 Å². The molecule has 39 heavy (non-hydrogen) atoms. The number of fused-ring (bicyclic) bond motifs is 1. The van der Waals surface area contributed by atoms with Crippen molar-refractivity contribution < 1.29 is 22.7 Å². The maximum absolute atomic E-state index is 13.5. The average molecular weight is 546 g/mol. The first-order chi connectivity index (χ1) is 18.6. The van der Waals surface area contributed by atoms with Crippen molar-refractivity contribution in [2.75, 3.05) is 24.6 Å². The summed E-state index contributed by atoms with van der Waals surface area (Å²) in [5.41, 5.74) is 1.13. The summed E-state index contributed by atoms with van der Waals surface area (Å²) in [6.07, 6.45) is 1.35. The Morgan fingerprint density at radius 3 is 2.54 bits per heavy atom. The molecular weight excluding hydrogens is 511 g/mol. The number of carbonyl (C=O) groups excluding carboxylic acids is 1. The Balaban J connectivity index is 1.49. The van der Waals surface area contributed by atoms with E-state index in [0.717, 1.165) is 31.4 Å². The molecule has 2 aliphatic rings. The topological polar surface area (TPSA) is 72.6 Å². The Morgan fingerprint density at radius 2 is 1.87 bits per heavy atom. The van der Waals surface area contributed by atoms with E-state index in [-0.39, 0.29) is 29.4 Å². The maximum Gasteiger partial charge on any atom is 0.416 e. The van der Waals surface area contributed by atoms with Crippen LogP contribution in [-0.4, -0.2) is 56.9 Å². The minimum Gasteiger partial charge on any atom is -0.363 e. The Bertz CT molecular complexity index is 1410. The fourth-order valence-electron chi connectivity index (χ4n) is 5.70. The Hall–Kier alpha value is -3.34. The minimum absolute atomic E-state index is 0.0220. The van der Waals surface area contributed by atoms with Gasteiger partial charge in [0.25, 0.3) is 11.5 Å². The van der Waals surface area contributed by atoms with Crippen LogP contribution in [0.2, 0.25) is 0 Å². The molecule has 5 rings (SSSR count). The van der Waals surface area contributed by atoms with Crippen LogP contribution in [0.4, 0.5) is 18.9 Å². The quantitative estimate of drug-likeness (QED) is 0.453. The Kier molecular flexibility index (Phi) is 7.45. The van der Waals surface area contributed by atoms with Gasteiger partial charge in [0.15, 0.2) is 0 Å². The second-order valence-corrected chi connectivity index (χ2v) is 10.4. The number of benzene rings is 1. The molecule has 0 bridgehead atoms. The number of piperazine rings is 1. The lowest BCUT2D eigenvalue weighted by Gasteiger charge is -2.47. The van der Waals surface area contributed by atoms with Gasteiger partial charge in [0.1, 0.15) is 11.7 Å². The molecule has 3 atom stereocenters. The standard InChI is InChI=1S/C28H34F3N5O3/c1-4-20-16-35(27(38)18-9-8-10-19(13-18)28(29,30)31)21(5-2)15-34(20)22-14-24(37)33(3)23-17-36(32-26(22)23)25-11-6-7-12-39-25/h8-10,13-14,17,20-21,25H,4-7,11-12,15-16H2,1-3H3/t20-,21+,25?/m0/s1. The SMILES string of the molecule is CC[C@@H]1CN(c2cc(=O)n(C)c3cn(C4CCCCO4)nc23)[C@@H](CC)CN1C(=O)c1cccc(C(F)(F)F)c1. The second kappa shape index (κ2) is 10.7. The zero-order chi connectivity index (χ0) is 27.9. The number of ether oxygens (including phenoxy) is 1. The molecule has 2 fully saturated rings. The molecular formula is C28H34F3N5O3. The molecule has 8 nitrogen and oxygen atoms in total. The molecule has 1 unspecified atom stereocenters. The van der Waals surface area contributed by atoms with Crippen molar-refractivity contribution in [1.82, 2.24) is 19.2 Å². The first kappa shape index (κ1) is 27.2. The number of anilines is 1. The van der Waals surface area contributed by atoms with Crippen LogP contribution in [0.15, 0.2) is 41.3 Å². The number of carbonyl (C=O) groups is 1. The summed E-state index contributed by atoms with van der Waals surface area (Å²) in [5, 5.41) is 4.87. The van der Waals surface area contributed by atoms with Crippen LogP contribution in [0.1, 0.15) is 68.1 Å². The summed E-state index contributed by atoms with van der Waals surface area (Å²) < 4.78 is 49.2. The van der Waals surface area contributed by atoms with Gasteiger partial charge in [-0.1, -0.05) is 19.9 Å². The highest BCUT2D eigenvalue weighted by molar-refractivity contribution is 5.95.